The number of hydrogen-bond acceptors (Lipinski definition) is 4. The van der Waals surface area contributed by atoms with Crippen molar-refractivity contribution in [1.29, 1.82) is 0 Å². The van der Waals surface area contributed by atoms with Gasteiger partial charge in [0, 0.05) is 42.4 Å². The van der Waals surface area contributed by atoms with E-state index in [9.17, 15) is 19.7 Å². The fourth-order valence-electron chi connectivity index (χ4n) is 3.87. The summed E-state index contributed by atoms with van der Waals surface area (Å²) >= 11 is 0. The van der Waals surface area contributed by atoms with Crippen LogP contribution in [-0.2, 0) is 4.79 Å². The Balaban J connectivity index is 1.40. The van der Waals surface area contributed by atoms with Crippen molar-refractivity contribution >= 4 is 34.0 Å². The first kappa shape index (κ1) is 19.6. The first-order valence-corrected chi connectivity index (χ1v) is 9.85. The zero-order valence-electron chi connectivity index (χ0n) is 16.3. The second-order valence-electron chi connectivity index (χ2n) is 7.39. The largest absolute Gasteiger partial charge is 0.339 e. The van der Waals surface area contributed by atoms with E-state index in [-0.39, 0.29) is 23.4 Å². The molecule has 0 atom stereocenters. The normalized spacial score (nSPS) is 14.5. The molecule has 7 nitrogen and oxygen atoms in total. The third-order valence-electron chi connectivity index (χ3n) is 5.50. The molecule has 1 fully saturated rings. The predicted molar refractivity (Wildman–Crippen MR) is 114 cm³/mol. The van der Waals surface area contributed by atoms with E-state index >= 15 is 0 Å². The van der Waals surface area contributed by atoms with E-state index in [1.807, 2.05) is 42.5 Å². The molecule has 0 aromatic heterocycles. The quantitative estimate of drug-likeness (QED) is 0.521. The second kappa shape index (κ2) is 8.32. The molecule has 1 saturated heterocycles. The summed E-state index contributed by atoms with van der Waals surface area (Å²) < 4.78 is 0. The molecule has 3 aromatic carbocycles. The summed E-state index contributed by atoms with van der Waals surface area (Å²) in [5, 5.41) is 15.6. The molecular formula is C23H21N3O4. The molecule has 2 amide bonds. The number of nitro benzene ring substituents is 1. The number of rotatable bonds is 4. The number of fused-ring (bicyclic) bond motifs is 1. The van der Waals surface area contributed by atoms with Crippen LogP contribution in [0.5, 0.6) is 0 Å². The number of likely N-dealkylation sites (tertiary alicyclic amines) is 1. The molecule has 1 N–H and O–H groups in total. The molecule has 1 aliphatic heterocycles. The first-order chi connectivity index (χ1) is 14.5. The third kappa shape index (κ3) is 4.00. The van der Waals surface area contributed by atoms with Crippen LogP contribution in [0.15, 0.2) is 66.7 Å². The predicted octanol–water partition coefficient (Wildman–Crippen LogP) is 4.24. The summed E-state index contributed by atoms with van der Waals surface area (Å²) in [4.78, 5) is 37.8. The van der Waals surface area contributed by atoms with Crippen LogP contribution in [0.25, 0.3) is 10.8 Å². The van der Waals surface area contributed by atoms with E-state index in [4.69, 9.17) is 0 Å². The van der Waals surface area contributed by atoms with E-state index < -0.39 is 4.92 Å². The molecule has 0 spiro atoms. The molecule has 7 heteroatoms. The van der Waals surface area contributed by atoms with Crippen molar-refractivity contribution in [2.75, 3.05) is 18.4 Å². The average molecular weight is 403 g/mol. The van der Waals surface area contributed by atoms with E-state index in [0.29, 0.717) is 37.2 Å². The smallest absolute Gasteiger partial charge is 0.271 e. The lowest BCUT2D eigenvalue weighted by Crippen LogP contribution is -2.41. The van der Waals surface area contributed by atoms with Gasteiger partial charge >= 0.3 is 0 Å². The molecule has 0 radical (unpaired) electrons. The van der Waals surface area contributed by atoms with E-state index in [1.165, 1.54) is 12.1 Å². The van der Waals surface area contributed by atoms with Crippen molar-refractivity contribution in [3.8, 4) is 0 Å². The zero-order valence-corrected chi connectivity index (χ0v) is 16.3. The van der Waals surface area contributed by atoms with Gasteiger partial charge < -0.3 is 10.2 Å². The third-order valence-corrected chi connectivity index (χ3v) is 5.50. The van der Waals surface area contributed by atoms with Crippen LogP contribution in [0.3, 0.4) is 0 Å². The number of benzene rings is 3. The maximum Gasteiger partial charge on any atom is 0.271 e. The Labute approximate surface area is 173 Å². The number of anilines is 1. The molecule has 0 bridgehead atoms. The van der Waals surface area contributed by atoms with Gasteiger partial charge in [0.1, 0.15) is 0 Å². The van der Waals surface area contributed by atoms with E-state index in [1.54, 1.807) is 17.0 Å². The Morgan fingerprint density at radius 2 is 1.67 bits per heavy atom. The Hall–Kier alpha value is -3.74. The Morgan fingerprint density at radius 3 is 2.43 bits per heavy atom. The lowest BCUT2D eigenvalue weighted by Gasteiger charge is -2.31. The summed E-state index contributed by atoms with van der Waals surface area (Å²) in [6.07, 6.45) is 1.11. The van der Waals surface area contributed by atoms with Crippen molar-refractivity contribution in [3.63, 3.8) is 0 Å². The van der Waals surface area contributed by atoms with Gasteiger partial charge in [-0.25, -0.2) is 0 Å². The molecule has 3 aromatic rings. The van der Waals surface area contributed by atoms with Gasteiger partial charge in [-0.15, -0.1) is 0 Å². The van der Waals surface area contributed by atoms with Crippen LogP contribution in [0.1, 0.15) is 23.2 Å². The van der Waals surface area contributed by atoms with Gasteiger partial charge in [0.2, 0.25) is 5.91 Å². The maximum atomic E-state index is 13.0. The molecule has 1 aliphatic rings. The number of carbonyl (C=O) groups excluding carboxylic acids is 2. The molecule has 0 aliphatic carbocycles. The summed E-state index contributed by atoms with van der Waals surface area (Å²) in [5.41, 5.74) is 1.01. The second-order valence-corrected chi connectivity index (χ2v) is 7.39. The van der Waals surface area contributed by atoms with E-state index in [0.717, 1.165) is 10.8 Å². The fraction of sp³-hybridized carbons (Fsp3) is 0.217. The SMILES string of the molecule is O=C(Nc1cccc([N+](=O)[O-])c1)C1CCN(C(=O)c2cccc3ccccc23)CC1. The fourth-order valence-corrected chi connectivity index (χ4v) is 3.87. The van der Waals surface area contributed by atoms with Gasteiger partial charge in [0.25, 0.3) is 11.6 Å². The van der Waals surface area contributed by atoms with Crippen LogP contribution in [0, 0.1) is 16.0 Å². The molecule has 1 heterocycles. The highest BCUT2D eigenvalue weighted by Gasteiger charge is 2.28. The van der Waals surface area contributed by atoms with Crippen LogP contribution >= 0.6 is 0 Å². The van der Waals surface area contributed by atoms with Crippen LogP contribution < -0.4 is 5.32 Å². The molecule has 30 heavy (non-hydrogen) atoms. The van der Waals surface area contributed by atoms with Gasteiger partial charge in [-0.05, 0) is 35.7 Å². The van der Waals surface area contributed by atoms with E-state index in [2.05, 4.69) is 5.32 Å². The number of piperidine rings is 1. The minimum atomic E-state index is -0.493. The number of amides is 2. The van der Waals surface area contributed by atoms with Crippen molar-refractivity contribution in [2.45, 2.75) is 12.8 Å². The van der Waals surface area contributed by atoms with Crippen LogP contribution in [-0.4, -0.2) is 34.7 Å². The topological polar surface area (TPSA) is 92.5 Å². The minimum absolute atomic E-state index is 0.0238. The van der Waals surface area contributed by atoms with Gasteiger partial charge in [-0.2, -0.15) is 0 Å². The lowest BCUT2D eigenvalue weighted by molar-refractivity contribution is -0.384. The average Bonchev–Trinajstić information content (AvgIpc) is 2.78. The van der Waals surface area contributed by atoms with Gasteiger partial charge in [-0.3, -0.25) is 19.7 Å². The Bertz CT molecular complexity index is 1110. The van der Waals surface area contributed by atoms with Crippen LogP contribution in [0.2, 0.25) is 0 Å². The highest BCUT2D eigenvalue weighted by atomic mass is 16.6. The number of nitro groups is 1. The summed E-state index contributed by atoms with van der Waals surface area (Å²) in [6.45, 7) is 0.990. The molecular weight excluding hydrogens is 382 g/mol. The van der Waals surface area contributed by atoms with Crippen LogP contribution in [0.4, 0.5) is 11.4 Å². The molecule has 152 valence electrons. The molecule has 0 unspecified atom stereocenters. The summed E-state index contributed by atoms with van der Waals surface area (Å²) in [7, 11) is 0. The van der Waals surface area contributed by atoms with Crippen molar-refractivity contribution < 1.29 is 14.5 Å². The van der Waals surface area contributed by atoms with Gasteiger partial charge in [0.05, 0.1) is 4.92 Å². The first-order valence-electron chi connectivity index (χ1n) is 9.85. The minimum Gasteiger partial charge on any atom is -0.339 e. The Kier molecular flexibility index (Phi) is 5.43. The maximum absolute atomic E-state index is 13.0. The number of carbonyl (C=O) groups is 2. The highest BCUT2D eigenvalue weighted by molar-refractivity contribution is 6.07. The molecule has 4 rings (SSSR count). The monoisotopic (exact) mass is 403 g/mol. The van der Waals surface area contributed by atoms with Gasteiger partial charge in [-0.1, -0.05) is 42.5 Å². The Morgan fingerprint density at radius 1 is 0.967 bits per heavy atom. The van der Waals surface area contributed by atoms with Gasteiger partial charge in [0.15, 0.2) is 0 Å². The zero-order chi connectivity index (χ0) is 21.1. The summed E-state index contributed by atoms with van der Waals surface area (Å²) in [5.74, 6) is -0.432. The lowest BCUT2D eigenvalue weighted by atomic mass is 9.94. The number of hydrogen-bond donors (Lipinski definition) is 1. The highest BCUT2D eigenvalue weighted by Crippen LogP contribution is 2.25. The van der Waals surface area contributed by atoms with Crippen molar-refractivity contribution in [1.82, 2.24) is 4.90 Å². The molecule has 0 saturated carbocycles. The van der Waals surface area contributed by atoms with Crippen molar-refractivity contribution in [2.24, 2.45) is 5.92 Å². The van der Waals surface area contributed by atoms with Crippen molar-refractivity contribution in [3.05, 3.63) is 82.4 Å². The number of non-ortho nitro benzene ring substituents is 1. The number of nitrogens with zero attached hydrogens (tertiary/aromatic N) is 2. The number of nitrogens with one attached hydrogen (secondary N) is 1. The standard InChI is InChI=1S/C23H21N3O4/c27-22(24-18-7-4-8-19(15-18)26(29)30)17-11-13-25(14-12-17)23(28)21-10-3-6-16-5-1-2-9-20(16)21/h1-10,15,17H,11-14H2,(H,24,27). The summed E-state index contributed by atoms with van der Waals surface area (Å²) in [6, 6.07) is 19.4.